The van der Waals surface area contributed by atoms with Crippen molar-refractivity contribution in [1.29, 1.82) is 0 Å². The number of hydrogen-bond acceptors (Lipinski definition) is 6. The summed E-state index contributed by atoms with van der Waals surface area (Å²) in [6, 6.07) is 0. The van der Waals surface area contributed by atoms with E-state index in [1.54, 1.807) is 55.4 Å². The third kappa shape index (κ3) is 32.7. The molecule has 0 heterocycles. The molecule has 0 radical (unpaired) electrons. The molecule has 0 aromatic carbocycles. The zero-order valence-electron chi connectivity index (χ0n) is 26.2. The highest BCUT2D eigenvalue weighted by molar-refractivity contribution is 6.18. The molecule has 0 amide bonds. The van der Waals surface area contributed by atoms with E-state index >= 15 is 0 Å². The molecule has 0 rings (SSSR count). The topological polar surface area (TPSA) is 78.9 Å². The quantitative estimate of drug-likeness (QED) is 0.168. The Morgan fingerprint density at radius 3 is 0.914 bits per heavy atom. The average Bonchev–Trinajstić information content (AvgIpc) is 2.69. The molecular weight excluding hydrogens is 444 g/mol. The number of carbonyl (C=O) groups is 3. The van der Waals surface area contributed by atoms with Gasteiger partial charge in [-0.3, -0.25) is 14.4 Å². The molecule has 0 aromatic rings. The largest absolute Gasteiger partial charge is 0.409 e. The highest BCUT2D eigenvalue weighted by Crippen LogP contribution is 2.18. The van der Waals surface area contributed by atoms with E-state index in [-0.39, 0.29) is 12.2 Å². The van der Waals surface area contributed by atoms with Gasteiger partial charge in [0, 0.05) is 11.8 Å². The normalized spacial score (nSPS) is 10.0. The van der Waals surface area contributed by atoms with Gasteiger partial charge in [-0.25, -0.2) is 0 Å². The van der Waals surface area contributed by atoms with Crippen LogP contribution in [0.4, 0.5) is 0 Å². The highest BCUT2D eigenvalue weighted by Gasteiger charge is 2.39. The molecule has 0 aliphatic heterocycles. The minimum absolute atomic E-state index is 0.244. The fraction of sp³-hybridized carbons (Fsp3) is 0.897. The van der Waals surface area contributed by atoms with E-state index in [9.17, 15) is 14.4 Å². The number of ketones is 2. The molecule has 0 aliphatic carbocycles. The number of carbonyl (C=O) groups excluding carboxylic acids is 3. The summed E-state index contributed by atoms with van der Waals surface area (Å²) >= 11 is 0. The van der Waals surface area contributed by atoms with Gasteiger partial charge < -0.3 is 14.2 Å². The van der Waals surface area contributed by atoms with E-state index in [1.165, 1.54) is 25.7 Å². The van der Waals surface area contributed by atoms with Gasteiger partial charge in [0.1, 0.15) is 0 Å². The molecule has 0 spiro atoms. The lowest BCUT2D eigenvalue weighted by Gasteiger charge is -2.25. The Morgan fingerprint density at radius 2 is 0.743 bits per heavy atom. The SMILES string of the molecule is CC(C)OC(OC(=O)C(C(=O)C(C)C)C(=O)C(C)C)OC(C)C.CCC.CCC.CCC.CCC. The van der Waals surface area contributed by atoms with Gasteiger partial charge in [0.25, 0.3) is 0 Å². The van der Waals surface area contributed by atoms with Crippen molar-refractivity contribution in [2.75, 3.05) is 0 Å². The second-order valence-electron chi connectivity index (χ2n) is 9.47. The van der Waals surface area contributed by atoms with Gasteiger partial charge in [0.2, 0.25) is 0 Å². The van der Waals surface area contributed by atoms with Crippen LogP contribution in [0.5, 0.6) is 0 Å². The Labute approximate surface area is 219 Å². The van der Waals surface area contributed by atoms with Crippen molar-refractivity contribution >= 4 is 17.5 Å². The Balaban J connectivity index is -0.000000208. The summed E-state index contributed by atoms with van der Waals surface area (Å²) in [6.07, 6.45) is 4.51. The fourth-order valence-electron chi connectivity index (χ4n) is 1.73. The van der Waals surface area contributed by atoms with Crippen LogP contribution >= 0.6 is 0 Å². The second-order valence-corrected chi connectivity index (χ2v) is 9.47. The van der Waals surface area contributed by atoms with Crippen LogP contribution < -0.4 is 0 Å². The van der Waals surface area contributed by atoms with Crippen LogP contribution in [-0.4, -0.2) is 36.2 Å². The van der Waals surface area contributed by atoms with Crippen molar-refractivity contribution in [3.8, 4) is 0 Å². The first-order valence-corrected chi connectivity index (χ1v) is 13.7. The van der Waals surface area contributed by atoms with Crippen LogP contribution in [0.3, 0.4) is 0 Å². The van der Waals surface area contributed by atoms with E-state index < -0.39 is 41.8 Å². The molecule has 0 saturated heterocycles. The Hall–Kier alpha value is -1.27. The van der Waals surface area contributed by atoms with Crippen LogP contribution in [0.1, 0.15) is 136 Å². The van der Waals surface area contributed by atoms with E-state index in [2.05, 4.69) is 55.4 Å². The third-order valence-electron chi connectivity index (χ3n) is 2.92. The molecule has 0 bridgehead atoms. The number of Topliss-reactive ketones (excluding diaryl/α,β-unsaturated/α-hetero) is 2. The van der Waals surface area contributed by atoms with Crippen LogP contribution in [0.15, 0.2) is 0 Å². The van der Waals surface area contributed by atoms with Crippen molar-refractivity contribution in [2.24, 2.45) is 17.8 Å². The zero-order chi connectivity index (χ0) is 29.1. The second kappa shape index (κ2) is 30.8. The van der Waals surface area contributed by atoms with Crippen LogP contribution in [0, 0.1) is 17.8 Å². The van der Waals surface area contributed by atoms with Crippen molar-refractivity contribution in [1.82, 2.24) is 0 Å². The van der Waals surface area contributed by atoms with Crippen LogP contribution in [0.25, 0.3) is 0 Å². The molecular formula is C29H62O6. The maximum atomic E-state index is 12.4. The number of hydrogen-bond donors (Lipinski definition) is 0. The fourth-order valence-corrected chi connectivity index (χ4v) is 1.73. The monoisotopic (exact) mass is 506 g/mol. The van der Waals surface area contributed by atoms with Gasteiger partial charge in [-0.1, -0.05) is 109 Å². The standard InChI is InChI=1S/C17H30O6.4C3H8/c1-9(2)14(18)13(15(19)10(3)4)16(20)23-17(21-11(5)6)22-12(7)8;4*1-3-2/h9-13,17H,1-8H3;4*3H2,1-2H3. The van der Waals surface area contributed by atoms with Gasteiger partial charge >= 0.3 is 12.4 Å². The molecule has 0 aromatic heterocycles. The van der Waals surface area contributed by atoms with E-state index in [0.29, 0.717) is 0 Å². The van der Waals surface area contributed by atoms with Crippen molar-refractivity contribution < 1.29 is 28.6 Å². The maximum absolute atomic E-state index is 12.4. The first-order valence-electron chi connectivity index (χ1n) is 13.7. The average molecular weight is 507 g/mol. The minimum Gasteiger partial charge on any atom is -0.409 e. The van der Waals surface area contributed by atoms with E-state index in [4.69, 9.17) is 14.2 Å². The lowest BCUT2D eigenvalue weighted by molar-refractivity contribution is -0.298. The van der Waals surface area contributed by atoms with Gasteiger partial charge in [-0.15, -0.1) is 0 Å². The van der Waals surface area contributed by atoms with Crippen molar-refractivity contribution in [3.63, 3.8) is 0 Å². The molecule has 0 atom stereocenters. The van der Waals surface area contributed by atoms with E-state index in [0.717, 1.165) is 0 Å². The first-order chi connectivity index (χ1) is 16.1. The van der Waals surface area contributed by atoms with Crippen LogP contribution in [-0.2, 0) is 28.6 Å². The molecule has 6 nitrogen and oxygen atoms in total. The molecule has 35 heavy (non-hydrogen) atoms. The number of ether oxygens (including phenoxy) is 3. The van der Waals surface area contributed by atoms with Gasteiger partial charge in [0.15, 0.2) is 17.5 Å². The summed E-state index contributed by atoms with van der Waals surface area (Å²) in [5.41, 5.74) is 0. The molecule has 0 aliphatic rings. The summed E-state index contributed by atoms with van der Waals surface area (Å²) in [7, 11) is 0. The minimum atomic E-state index is -1.44. The summed E-state index contributed by atoms with van der Waals surface area (Å²) in [6.45, 7) is 29.4. The maximum Gasteiger partial charge on any atom is 0.328 e. The summed E-state index contributed by atoms with van der Waals surface area (Å²) in [4.78, 5) is 36.9. The molecule has 6 heteroatoms. The summed E-state index contributed by atoms with van der Waals surface area (Å²) in [5, 5.41) is 0. The molecule has 0 unspecified atom stereocenters. The lowest BCUT2D eigenvalue weighted by atomic mass is 9.87. The Bertz CT molecular complexity index is 432. The van der Waals surface area contributed by atoms with E-state index in [1.807, 2.05) is 0 Å². The third-order valence-corrected chi connectivity index (χ3v) is 2.92. The molecule has 214 valence electrons. The molecule has 0 fully saturated rings. The van der Waals surface area contributed by atoms with Crippen molar-refractivity contribution in [3.05, 3.63) is 0 Å². The first kappa shape index (κ1) is 43.8. The Kier molecular flexibility index (Phi) is 38.5. The number of esters is 1. The predicted octanol–water partition coefficient (Wildman–Crippen LogP) is 8.39. The molecule has 0 saturated carbocycles. The van der Waals surface area contributed by atoms with Crippen LogP contribution in [0.2, 0.25) is 0 Å². The van der Waals surface area contributed by atoms with Crippen molar-refractivity contribution in [2.45, 2.75) is 155 Å². The summed E-state index contributed by atoms with van der Waals surface area (Å²) < 4.78 is 15.9. The summed E-state index contributed by atoms with van der Waals surface area (Å²) in [5.74, 6) is -4.18. The zero-order valence-corrected chi connectivity index (χ0v) is 26.2. The smallest absolute Gasteiger partial charge is 0.328 e. The Morgan fingerprint density at radius 1 is 0.514 bits per heavy atom. The van der Waals surface area contributed by atoms with Gasteiger partial charge in [0.05, 0.1) is 12.2 Å². The highest BCUT2D eigenvalue weighted by atomic mass is 16.9. The predicted molar refractivity (Wildman–Crippen MR) is 149 cm³/mol. The molecule has 0 N–H and O–H groups in total. The van der Waals surface area contributed by atoms with Gasteiger partial charge in [-0.2, -0.15) is 0 Å². The lowest BCUT2D eigenvalue weighted by Crippen LogP contribution is -2.41. The van der Waals surface area contributed by atoms with Gasteiger partial charge in [-0.05, 0) is 27.7 Å². The number of rotatable bonds is 10.